The second-order valence-electron chi connectivity index (χ2n) is 4.99. The van der Waals surface area contributed by atoms with Crippen molar-refractivity contribution >= 4 is 11.6 Å². The maximum Gasteiger partial charge on any atom is 0.281 e. The number of pyridine rings is 1. The largest absolute Gasteiger partial charge is 0.471 e. The van der Waals surface area contributed by atoms with Crippen molar-refractivity contribution in [3.05, 3.63) is 29.7 Å². The average Bonchev–Trinajstić information content (AvgIpc) is 2.86. The highest BCUT2D eigenvalue weighted by atomic mass is 16.5. The van der Waals surface area contributed by atoms with Crippen molar-refractivity contribution < 1.29 is 9.53 Å². The molecule has 1 aliphatic rings. The predicted molar refractivity (Wildman–Crippen MR) is 76.4 cm³/mol. The lowest BCUT2D eigenvalue weighted by Gasteiger charge is -2.31. The summed E-state index contributed by atoms with van der Waals surface area (Å²) in [5.41, 5.74) is 1.68. The number of fused-ring (bicyclic) bond motifs is 1. The molecule has 0 aromatic carbocycles. The molecule has 2 aromatic rings. The van der Waals surface area contributed by atoms with Gasteiger partial charge in [0.15, 0.2) is 5.69 Å². The Morgan fingerprint density at radius 3 is 3.00 bits per heavy atom. The number of ether oxygens (including phenoxy) is 1. The summed E-state index contributed by atoms with van der Waals surface area (Å²) in [6.45, 7) is 6.74. The van der Waals surface area contributed by atoms with Gasteiger partial charge in [0.2, 0.25) is 5.88 Å². The highest BCUT2D eigenvalue weighted by Crippen LogP contribution is 2.31. The molecular formula is C14H17N5O2. The molecule has 1 unspecified atom stereocenters. The predicted octanol–water partition coefficient (Wildman–Crippen LogP) is 1.43. The Kier molecular flexibility index (Phi) is 3.32. The van der Waals surface area contributed by atoms with Crippen LogP contribution in [0.4, 0.5) is 5.69 Å². The van der Waals surface area contributed by atoms with Crippen LogP contribution in [-0.2, 0) is 6.54 Å². The minimum absolute atomic E-state index is 0.113. The highest BCUT2D eigenvalue weighted by Gasteiger charge is 2.31. The zero-order chi connectivity index (χ0) is 15.0. The molecule has 0 saturated carbocycles. The Labute approximate surface area is 122 Å². The molecule has 21 heavy (non-hydrogen) atoms. The van der Waals surface area contributed by atoms with Crippen LogP contribution in [0.3, 0.4) is 0 Å². The molecule has 0 spiro atoms. The number of nitrogens with zero attached hydrogens (tertiary/aromatic N) is 5. The van der Waals surface area contributed by atoms with Gasteiger partial charge in [0.05, 0.1) is 18.8 Å². The van der Waals surface area contributed by atoms with Crippen LogP contribution in [0.25, 0.3) is 0 Å². The Hall–Kier alpha value is -2.44. The monoisotopic (exact) mass is 287 g/mol. The zero-order valence-corrected chi connectivity index (χ0v) is 12.3. The number of rotatable bonds is 2. The zero-order valence-electron chi connectivity index (χ0n) is 12.3. The molecule has 7 heteroatoms. The number of amides is 1. The summed E-state index contributed by atoms with van der Waals surface area (Å²) in [7, 11) is 0. The average molecular weight is 287 g/mol. The van der Waals surface area contributed by atoms with E-state index < -0.39 is 0 Å². The van der Waals surface area contributed by atoms with E-state index in [-0.39, 0.29) is 12.0 Å². The van der Waals surface area contributed by atoms with Gasteiger partial charge < -0.3 is 4.74 Å². The van der Waals surface area contributed by atoms with Crippen molar-refractivity contribution in [2.24, 2.45) is 0 Å². The number of anilines is 1. The molecule has 1 atom stereocenters. The summed E-state index contributed by atoms with van der Waals surface area (Å²) in [4.78, 5) is 20.2. The van der Waals surface area contributed by atoms with Crippen molar-refractivity contribution in [3.63, 3.8) is 0 Å². The number of aromatic nitrogens is 4. The molecule has 1 aliphatic heterocycles. The van der Waals surface area contributed by atoms with E-state index in [1.165, 1.54) is 4.80 Å². The highest BCUT2D eigenvalue weighted by molar-refractivity contribution is 6.06. The minimum Gasteiger partial charge on any atom is -0.471 e. The van der Waals surface area contributed by atoms with Crippen molar-refractivity contribution in [1.29, 1.82) is 0 Å². The molecule has 0 N–H and O–H groups in total. The number of hydrogen-bond acceptors (Lipinski definition) is 5. The molecule has 3 rings (SSSR count). The lowest BCUT2D eigenvalue weighted by molar-refractivity contribution is 0.0952. The van der Waals surface area contributed by atoms with Crippen LogP contribution in [0, 0.1) is 6.92 Å². The summed E-state index contributed by atoms with van der Waals surface area (Å²) >= 11 is 0. The van der Waals surface area contributed by atoms with Crippen LogP contribution in [0.1, 0.15) is 30.0 Å². The number of carbonyl (C=O) groups excluding carboxylic acids is 1. The second-order valence-corrected chi connectivity index (χ2v) is 4.99. The quantitative estimate of drug-likeness (QED) is 0.835. The second kappa shape index (κ2) is 5.16. The first-order chi connectivity index (χ1) is 10.1. The first-order valence-electron chi connectivity index (χ1n) is 6.95. The summed E-state index contributed by atoms with van der Waals surface area (Å²) < 4.78 is 5.66. The Bertz CT molecular complexity index is 682. The van der Waals surface area contributed by atoms with E-state index in [1.807, 2.05) is 19.9 Å². The maximum atomic E-state index is 12.8. The minimum atomic E-state index is -0.170. The van der Waals surface area contributed by atoms with Crippen molar-refractivity contribution in [2.45, 2.75) is 33.4 Å². The third-order valence-electron chi connectivity index (χ3n) is 3.35. The molecule has 0 bridgehead atoms. The van der Waals surface area contributed by atoms with E-state index in [0.29, 0.717) is 36.0 Å². The smallest absolute Gasteiger partial charge is 0.281 e. The molecular weight excluding hydrogens is 270 g/mol. The van der Waals surface area contributed by atoms with Gasteiger partial charge in [-0.2, -0.15) is 9.90 Å². The van der Waals surface area contributed by atoms with E-state index in [9.17, 15) is 4.79 Å². The van der Waals surface area contributed by atoms with Gasteiger partial charge in [-0.15, -0.1) is 5.10 Å². The van der Waals surface area contributed by atoms with Crippen LogP contribution >= 0.6 is 0 Å². The van der Waals surface area contributed by atoms with E-state index in [4.69, 9.17) is 4.74 Å². The van der Waals surface area contributed by atoms with Crippen LogP contribution in [-0.4, -0.2) is 38.5 Å². The Balaban J connectivity index is 1.99. The van der Waals surface area contributed by atoms with Gasteiger partial charge in [-0.1, -0.05) is 0 Å². The van der Waals surface area contributed by atoms with Gasteiger partial charge in [-0.3, -0.25) is 9.69 Å². The van der Waals surface area contributed by atoms with Crippen molar-refractivity contribution in [2.75, 3.05) is 11.4 Å². The third kappa shape index (κ3) is 2.35. The maximum absolute atomic E-state index is 12.8. The molecule has 1 amide bonds. The van der Waals surface area contributed by atoms with Crippen LogP contribution in [0.5, 0.6) is 5.88 Å². The third-order valence-corrected chi connectivity index (χ3v) is 3.35. The lowest BCUT2D eigenvalue weighted by Crippen LogP contribution is -2.43. The summed E-state index contributed by atoms with van der Waals surface area (Å²) in [5, 5.41) is 8.49. The van der Waals surface area contributed by atoms with Gasteiger partial charge in [0.1, 0.15) is 11.8 Å². The van der Waals surface area contributed by atoms with Gasteiger partial charge >= 0.3 is 0 Å². The lowest BCUT2D eigenvalue weighted by atomic mass is 10.2. The molecule has 110 valence electrons. The standard InChI is InChI=1S/C14H17N5O2/c1-4-19-16-10(3)12(17-19)14(20)18-8-9(2)21-13-11(18)6-5-7-15-13/h5-7,9H,4,8H2,1-3H3. The van der Waals surface area contributed by atoms with Gasteiger partial charge in [0.25, 0.3) is 5.91 Å². The SMILES string of the molecule is CCn1nc(C)c(C(=O)N2CC(C)Oc3ncccc32)n1. The van der Waals surface area contributed by atoms with Crippen molar-refractivity contribution in [1.82, 2.24) is 20.0 Å². The van der Waals surface area contributed by atoms with Crippen LogP contribution < -0.4 is 9.64 Å². The van der Waals surface area contributed by atoms with E-state index in [2.05, 4.69) is 15.2 Å². The molecule has 7 nitrogen and oxygen atoms in total. The Morgan fingerprint density at radius 2 is 2.29 bits per heavy atom. The normalized spacial score (nSPS) is 17.3. The number of carbonyl (C=O) groups is 1. The first kappa shape index (κ1) is 13.5. The summed E-state index contributed by atoms with van der Waals surface area (Å²) in [6.07, 6.45) is 1.54. The fourth-order valence-electron chi connectivity index (χ4n) is 2.35. The molecule has 0 fully saturated rings. The Morgan fingerprint density at radius 1 is 1.48 bits per heavy atom. The molecule has 3 heterocycles. The van der Waals surface area contributed by atoms with Gasteiger partial charge in [-0.25, -0.2) is 4.98 Å². The molecule has 0 radical (unpaired) electrons. The van der Waals surface area contributed by atoms with Crippen molar-refractivity contribution in [3.8, 4) is 5.88 Å². The molecule has 0 aliphatic carbocycles. The van der Waals surface area contributed by atoms with Gasteiger partial charge in [0, 0.05) is 6.20 Å². The van der Waals surface area contributed by atoms with Crippen LogP contribution in [0.2, 0.25) is 0 Å². The fraction of sp³-hybridized carbons (Fsp3) is 0.429. The fourth-order valence-corrected chi connectivity index (χ4v) is 2.35. The van der Waals surface area contributed by atoms with E-state index >= 15 is 0 Å². The molecule has 0 saturated heterocycles. The number of aryl methyl sites for hydroxylation is 2. The topological polar surface area (TPSA) is 73.1 Å². The van der Waals surface area contributed by atoms with E-state index in [1.54, 1.807) is 24.1 Å². The summed E-state index contributed by atoms with van der Waals surface area (Å²) in [6, 6.07) is 3.61. The van der Waals surface area contributed by atoms with E-state index in [0.717, 1.165) is 0 Å². The number of hydrogen-bond donors (Lipinski definition) is 0. The summed E-state index contributed by atoms with van der Waals surface area (Å²) in [5.74, 6) is 0.307. The van der Waals surface area contributed by atoms with Gasteiger partial charge in [-0.05, 0) is 32.9 Å². The molecule has 2 aromatic heterocycles. The first-order valence-corrected chi connectivity index (χ1v) is 6.95. The van der Waals surface area contributed by atoms with Crippen LogP contribution in [0.15, 0.2) is 18.3 Å².